The molecule has 7 heteroatoms. The maximum Gasteiger partial charge on any atom is 0.416 e. The molecule has 1 aliphatic heterocycles. The van der Waals surface area contributed by atoms with Crippen molar-refractivity contribution in [2.75, 3.05) is 13.1 Å². The van der Waals surface area contributed by atoms with Crippen LogP contribution in [0.1, 0.15) is 17.5 Å². The van der Waals surface area contributed by atoms with Crippen LogP contribution in [-0.4, -0.2) is 25.8 Å². The maximum atomic E-state index is 12.8. The van der Waals surface area contributed by atoms with Crippen LogP contribution < -0.4 is 0 Å². The molecule has 0 radical (unpaired) electrons. The molecule has 0 spiro atoms. The van der Waals surface area contributed by atoms with Crippen LogP contribution in [0.15, 0.2) is 65.6 Å². The second-order valence-electron chi connectivity index (χ2n) is 5.73. The lowest BCUT2D eigenvalue weighted by atomic mass is 9.98. The van der Waals surface area contributed by atoms with E-state index in [4.69, 9.17) is 0 Å². The SMILES string of the molecule is O=S(=O)(c1ccccc1)N1CC=C(c2cccc(C(F)(F)F)c2)CC1. The molecule has 2 aromatic carbocycles. The quantitative estimate of drug-likeness (QED) is 0.816. The Bertz CT molecular complexity index is 890. The number of hydrogen-bond acceptors (Lipinski definition) is 2. The van der Waals surface area contributed by atoms with Crippen LogP contribution in [0.25, 0.3) is 5.57 Å². The molecular formula is C18H16F3NO2S. The number of hydrogen-bond donors (Lipinski definition) is 0. The molecule has 3 nitrogen and oxygen atoms in total. The molecule has 0 aliphatic carbocycles. The van der Waals surface area contributed by atoms with Gasteiger partial charge in [0.05, 0.1) is 10.5 Å². The van der Waals surface area contributed by atoms with E-state index < -0.39 is 21.8 Å². The van der Waals surface area contributed by atoms with E-state index in [9.17, 15) is 21.6 Å². The Kier molecular flexibility index (Phi) is 4.71. The van der Waals surface area contributed by atoms with Crippen LogP contribution in [-0.2, 0) is 16.2 Å². The molecule has 1 aliphatic rings. The summed E-state index contributed by atoms with van der Waals surface area (Å²) in [5.74, 6) is 0. The molecule has 0 atom stereocenters. The van der Waals surface area contributed by atoms with E-state index in [1.165, 1.54) is 22.5 Å². The van der Waals surface area contributed by atoms with Gasteiger partial charge in [-0.05, 0) is 41.8 Å². The molecule has 0 N–H and O–H groups in total. The van der Waals surface area contributed by atoms with E-state index in [0.29, 0.717) is 12.0 Å². The predicted octanol–water partition coefficient (Wildman–Crippen LogP) is 4.18. The zero-order valence-electron chi connectivity index (χ0n) is 13.2. The van der Waals surface area contributed by atoms with Crippen molar-refractivity contribution in [3.05, 3.63) is 71.8 Å². The third-order valence-electron chi connectivity index (χ3n) is 4.11. The minimum Gasteiger partial charge on any atom is -0.207 e. The summed E-state index contributed by atoms with van der Waals surface area (Å²) in [5.41, 5.74) is 0.502. The normalized spacial score (nSPS) is 16.5. The summed E-state index contributed by atoms with van der Waals surface area (Å²) in [7, 11) is -3.59. The third kappa shape index (κ3) is 3.77. The molecule has 0 aromatic heterocycles. The number of benzene rings is 2. The van der Waals surface area contributed by atoms with E-state index in [-0.39, 0.29) is 18.0 Å². The first-order valence-electron chi connectivity index (χ1n) is 7.70. The maximum absolute atomic E-state index is 12.8. The van der Waals surface area contributed by atoms with Gasteiger partial charge in [0.25, 0.3) is 0 Å². The molecule has 0 saturated heterocycles. The minimum absolute atomic E-state index is 0.142. The van der Waals surface area contributed by atoms with Crippen molar-refractivity contribution in [3.8, 4) is 0 Å². The average molecular weight is 367 g/mol. The van der Waals surface area contributed by atoms with Gasteiger partial charge < -0.3 is 0 Å². The van der Waals surface area contributed by atoms with Gasteiger partial charge in [0.15, 0.2) is 0 Å². The molecule has 2 aromatic rings. The minimum atomic E-state index is -4.39. The fourth-order valence-corrected chi connectivity index (χ4v) is 4.17. The van der Waals surface area contributed by atoms with E-state index in [1.54, 1.807) is 30.3 Å². The van der Waals surface area contributed by atoms with E-state index in [2.05, 4.69) is 0 Å². The summed E-state index contributed by atoms with van der Waals surface area (Å²) in [5, 5.41) is 0. The highest BCUT2D eigenvalue weighted by molar-refractivity contribution is 7.89. The summed E-state index contributed by atoms with van der Waals surface area (Å²) in [6, 6.07) is 13.2. The van der Waals surface area contributed by atoms with E-state index in [1.807, 2.05) is 0 Å². The van der Waals surface area contributed by atoms with Crippen molar-refractivity contribution in [2.24, 2.45) is 0 Å². The Balaban J connectivity index is 1.82. The van der Waals surface area contributed by atoms with Crippen molar-refractivity contribution < 1.29 is 21.6 Å². The summed E-state index contributed by atoms with van der Waals surface area (Å²) >= 11 is 0. The van der Waals surface area contributed by atoms with Gasteiger partial charge in [0.1, 0.15) is 0 Å². The Morgan fingerprint density at radius 3 is 2.28 bits per heavy atom. The highest BCUT2D eigenvalue weighted by Gasteiger charge is 2.31. The predicted molar refractivity (Wildman–Crippen MR) is 89.2 cm³/mol. The molecule has 0 bridgehead atoms. The van der Waals surface area contributed by atoms with Crippen molar-refractivity contribution >= 4 is 15.6 Å². The Morgan fingerprint density at radius 1 is 0.960 bits per heavy atom. The largest absolute Gasteiger partial charge is 0.416 e. The highest BCUT2D eigenvalue weighted by Crippen LogP contribution is 2.32. The fourth-order valence-electron chi connectivity index (χ4n) is 2.77. The second-order valence-corrected chi connectivity index (χ2v) is 7.67. The average Bonchev–Trinajstić information content (AvgIpc) is 2.62. The molecule has 0 amide bonds. The van der Waals surface area contributed by atoms with Crippen molar-refractivity contribution in [3.63, 3.8) is 0 Å². The van der Waals surface area contributed by atoms with Gasteiger partial charge in [0.2, 0.25) is 10.0 Å². The number of halogens is 3. The van der Waals surface area contributed by atoms with Gasteiger partial charge in [-0.2, -0.15) is 17.5 Å². The lowest BCUT2D eigenvalue weighted by Gasteiger charge is -2.26. The smallest absolute Gasteiger partial charge is 0.207 e. The molecule has 0 unspecified atom stereocenters. The van der Waals surface area contributed by atoms with Gasteiger partial charge in [0, 0.05) is 13.1 Å². The van der Waals surface area contributed by atoms with Crippen molar-refractivity contribution in [2.45, 2.75) is 17.5 Å². The fraction of sp³-hybridized carbons (Fsp3) is 0.222. The van der Waals surface area contributed by atoms with Gasteiger partial charge in [-0.3, -0.25) is 0 Å². The molecule has 1 heterocycles. The summed E-state index contributed by atoms with van der Waals surface area (Å²) in [6.07, 6.45) is -2.35. The Hall–Kier alpha value is -2.12. The number of alkyl halides is 3. The van der Waals surface area contributed by atoms with E-state index >= 15 is 0 Å². The highest BCUT2D eigenvalue weighted by atomic mass is 32.2. The standard InChI is InChI=1S/C18H16F3NO2S/c19-18(20,21)16-6-4-5-15(13-16)14-9-11-22(12-10-14)25(23,24)17-7-2-1-3-8-17/h1-9,13H,10-12H2. The molecule has 3 rings (SSSR count). The summed E-state index contributed by atoms with van der Waals surface area (Å²) in [4.78, 5) is 0.214. The van der Waals surface area contributed by atoms with Crippen LogP contribution in [0.5, 0.6) is 0 Å². The second kappa shape index (κ2) is 6.65. The number of sulfonamides is 1. The van der Waals surface area contributed by atoms with Crippen LogP contribution in [0.4, 0.5) is 13.2 Å². The number of rotatable bonds is 3. The summed E-state index contributed by atoms with van der Waals surface area (Å²) in [6.45, 7) is 0.377. The van der Waals surface area contributed by atoms with Gasteiger partial charge in [-0.15, -0.1) is 0 Å². The lowest BCUT2D eigenvalue weighted by molar-refractivity contribution is -0.137. The van der Waals surface area contributed by atoms with Gasteiger partial charge in [-0.1, -0.05) is 36.4 Å². The van der Waals surface area contributed by atoms with Crippen LogP contribution in [0.3, 0.4) is 0 Å². The first kappa shape index (κ1) is 17.7. The zero-order valence-corrected chi connectivity index (χ0v) is 14.0. The first-order valence-corrected chi connectivity index (χ1v) is 9.14. The van der Waals surface area contributed by atoms with Crippen LogP contribution in [0, 0.1) is 0 Å². The van der Waals surface area contributed by atoms with Crippen LogP contribution in [0.2, 0.25) is 0 Å². The summed E-state index contributed by atoms with van der Waals surface area (Å²) < 4.78 is 65.0. The lowest BCUT2D eigenvalue weighted by Crippen LogP contribution is -2.34. The van der Waals surface area contributed by atoms with Gasteiger partial charge >= 0.3 is 6.18 Å². The van der Waals surface area contributed by atoms with E-state index in [0.717, 1.165) is 17.7 Å². The van der Waals surface area contributed by atoms with Crippen LogP contribution >= 0.6 is 0 Å². The monoisotopic (exact) mass is 367 g/mol. The molecular weight excluding hydrogens is 351 g/mol. The Morgan fingerprint density at radius 2 is 1.68 bits per heavy atom. The molecule has 0 saturated carbocycles. The van der Waals surface area contributed by atoms with Crippen molar-refractivity contribution in [1.82, 2.24) is 4.31 Å². The molecule has 0 fully saturated rings. The first-order chi connectivity index (χ1) is 11.8. The molecule has 25 heavy (non-hydrogen) atoms. The van der Waals surface area contributed by atoms with Gasteiger partial charge in [-0.25, -0.2) is 8.42 Å². The van der Waals surface area contributed by atoms with Crippen molar-refractivity contribution in [1.29, 1.82) is 0 Å². The zero-order chi connectivity index (χ0) is 18.1. The topological polar surface area (TPSA) is 37.4 Å². The molecule has 132 valence electrons. The third-order valence-corrected chi connectivity index (χ3v) is 5.99. The Labute approximate surface area is 144 Å². The number of nitrogens with zero attached hydrogens (tertiary/aromatic N) is 1.